The molecule has 0 radical (unpaired) electrons. The number of unbranched alkanes of at least 4 members (excludes halogenated alkanes) is 1. The Morgan fingerprint density at radius 3 is 2.52 bits per heavy atom. The first-order valence-electron chi connectivity index (χ1n) is 7.61. The molecule has 0 aliphatic heterocycles. The molecule has 0 unspecified atom stereocenters. The fourth-order valence-electron chi connectivity index (χ4n) is 2.06. The number of hydrogen-bond acceptors (Lipinski definition) is 4. The fourth-order valence-corrected chi connectivity index (χ4v) is 2.98. The van der Waals surface area contributed by atoms with E-state index in [0.29, 0.717) is 17.8 Å². The van der Waals surface area contributed by atoms with Gasteiger partial charge in [0.25, 0.3) is 0 Å². The van der Waals surface area contributed by atoms with E-state index in [-0.39, 0.29) is 24.7 Å². The van der Waals surface area contributed by atoms with E-state index in [1.54, 1.807) is 18.2 Å². The molecule has 0 saturated carbocycles. The summed E-state index contributed by atoms with van der Waals surface area (Å²) in [4.78, 5) is 23.2. The summed E-state index contributed by atoms with van der Waals surface area (Å²) in [7, 11) is -3.54. The zero-order valence-electron chi connectivity index (χ0n) is 13.8. The van der Waals surface area contributed by atoms with Gasteiger partial charge in [-0.1, -0.05) is 25.5 Å². The molecule has 128 valence electrons. The average molecular weight is 340 g/mol. The molecule has 0 heterocycles. The Labute approximate surface area is 137 Å². The predicted molar refractivity (Wildman–Crippen MR) is 91.2 cm³/mol. The Kier molecular flexibility index (Phi) is 7.22. The van der Waals surface area contributed by atoms with Crippen LogP contribution in [0.2, 0.25) is 0 Å². The third-order valence-electron chi connectivity index (χ3n) is 3.34. The first-order valence-corrected chi connectivity index (χ1v) is 9.46. The molecule has 0 bridgehead atoms. The zero-order chi connectivity index (χ0) is 17.5. The van der Waals surface area contributed by atoms with Crippen molar-refractivity contribution < 1.29 is 18.0 Å². The van der Waals surface area contributed by atoms with Gasteiger partial charge in [0.1, 0.15) is 0 Å². The molecule has 0 aliphatic carbocycles. The van der Waals surface area contributed by atoms with Crippen molar-refractivity contribution in [1.82, 2.24) is 5.32 Å². The molecule has 6 nitrogen and oxygen atoms in total. The van der Waals surface area contributed by atoms with Crippen LogP contribution >= 0.6 is 0 Å². The topological polar surface area (TPSA) is 83.6 Å². The number of sulfonamides is 1. The van der Waals surface area contributed by atoms with Crippen LogP contribution in [-0.2, 0) is 14.8 Å². The largest absolute Gasteiger partial charge is 0.356 e. The number of ketones is 1. The summed E-state index contributed by atoms with van der Waals surface area (Å²) in [5, 5.41) is 2.76. The molecule has 0 aliphatic rings. The van der Waals surface area contributed by atoms with Crippen LogP contribution in [0.3, 0.4) is 0 Å². The molecule has 0 fully saturated rings. The smallest absolute Gasteiger partial charge is 0.232 e. The molecular weight excluding hydrogens is 316 g/mol. The van der Waals surface area contributed by atoms with Crippen LogP contribution in [0.1, 0.15) is 43.5 Å². The van der Waals surface area contributed by atoms with Gasteiger partial charge in [-0.3, -0.25) is 13.9 Å². The van der Waals surface area contributed by atoms with Crippen LogP contribution in [0.5, 0.6) is 0 Å². The maximum absolute atomic E-state index is 12.0. The minimum absolute atomic E-state index is 0.0398. The minimum atomic E-state index is -3.54. The summed E-state index contributed by atoms with van der Waals surface area (Å²) in [6.45, 7) is 4.08. The molecule has 1 rings (SSSR count). The van der Waals surface area contributed by atoms with Crippen molar-refractivity contribution in [2.75, 3.05) is 23.7 Å². The number of hydrogen-bond donors (Lipinski definition) is 1. The maximum Gasteiger partial charge on any atom is 0.232 e. The molecule has 1 aromatic rings. The molecule has 7 heteroatoms. The maximum atomic E-state index is 12.0. The second kappa shape index (κ2) is 8.67. The van der Waals surface area contributed by atoms with E-state index in [0.717, 1.165) is 23.4 Å². The Bertz CT molecular complexity index is 656. The number of anilines is 1. The van der Waals surface area contributed by atoms with Gasteiger partial charge in [0, 0.05) is 25.1 Å². The number of benzene rings is 1. The van der Waals surface area contributed by atoms with Gasteiger partial charge in [-0.15, -0.1) is 0 Å². The van der Waals surface area contributed by atoms with Crippen LogP contribution in [-0.4, -0.2) is 39.5 Å². The quantitative estimate of drug-likeness (QED) is 0.550. The monoisotopic (exact) mass is 340 g/mol. The lowest BCUT2D eigenvalue weighted by atomic mass is 10.1. The number of nitrogens with one attached hydrogen (secondary N) is 1. The van der Waals surface area contributed by atoms with E-state index in [2.05, 4.69) is 5.32 Å². The van der Waals surface area contributed by atoms with Crippen LogP contribution in [0, 0.1) is 0 Å². The lowest BCUT2D eigenvalue weighted by Gasteiger charge is -2.22. The van der Waals surface area contributed by atoms with Crippen molar-refractivity contribution >= 4 is 27.4 Å². The van der Waals surface area contributed by atoms with E-state index in [9.17, 15) is 18.0 Å². The first-order chi connectivity index (χ1) is 10.8. The van der Waals surface area contributed by atoms with Gasteiger partial charge in [0.15, 0.2) is 5.78 Å². The van der Waals surface area contributed by atoms with Crippen LogP contribution in [0.4, 0.5) is 5.69 Å². The van der Waals surface area contributed by atoms with Crippen molar-refractivity contribution in [3.63, 3.8) is 0 Å². The molecule has 23 heavy (non-hydrogen) atoms. The summed E-state index contributed by atoms with van der Waals surface area (Å²) < 4.78 is 25.1. The number of Topliss-reactive ketones (excluding diaryl/α,β-unsaturated/α-hetero) is 1. The average Bonchev–Trinajstić information content (AvgIpc) is 2.46. The summed E-state index contributed by atoms with van der Waals surface area (Å²) in [5.74, 6) is -0.326. The van der Waals surface area contributed by atoms with Crippen LogP contribution < -0.4 is 9.62 Å². The van der Waals surface area contributed by atoms with Gasteiger partial charge in [-0.25, -0.2) is 8.42 Å². The number of rotatable bonds is 9. The number of amides is 1. The molecule has 1 aromatic carbocycles. The second-order valence-electron chi connectivity index (χ2n) is 5.40. The number of carbonyl (C=O) groups excluding carboxylic acids is 2. The second-order valence-corrected chi connectivity index (χ2v) is 7.30. The molecule has 1 amide bonds. The number of carbonyl (C=O) groups is 2. The van der Waals surface area contributed by atoms with Crippen molar-refractivity contribution in [3.8, 4) is 0 Å². The molecule has 0 saturated heterocycles. The van der Waals surface area contributed by atoms with E-state index in [1.165, 1.54) is 13.0 Å². The lowest BCUT2D eigenvalue weighted by molar-refractivity contribution is -0.120. The zero-order valence-corrected chi connectivity index (χ0v) is 14.6. The van der Waals surface area contributed by atoms with E-state index in [1.807, 2.05) is 6.92 Å². The highest BCUT2D eigenvalue weighted by Gasteiger charge is 2.19. The summed E-state index contributed by atoms with van der Waals surface area (Å²) in [6.07, 6.45) is 3.03. The Balaban J connectivity index is 2.84. The van der Waals surface area contributed by atoms with Crippen molar-refractivity contribution in [2.45, 2.75) is 33.1 Å². The van der Waals surface area contributed by atoms with Gasteiger partial charge in [0.05, 0.1) is 11.9 Å². The Hall–Kier alpha value is -1.89. The van der Waals surface area contributed by atoms with Gasteiger partial charge in [-0.05, 0) is 25.5 Å². The normalized spacial score (nSPS) is 11.1. The van der Waals surface area contributed by atoms with E-state index in [4.69, 9.17) is 0 Å². The van der Waals surface area contributed by atoms with E-state index < -0.39 is 10.0 Å². The highest BCUT2D eigenvalue weighted by molar-refractivity contribution is 7.92. The molecule has 1 N–H and O–H groups in total. The SMILES string of the molecule is CCCCNC(=O)CCN(c1cccc(C(C)=O)c1)S(C)(=O)=O. The van der Waals surface area contributed by atoms with Crippen molar-refractivity contribution in [2.24, 2.45) is 0 Å². The third kappa shape index (κ3) is 6.40. The van der Waals surface area contributed by atoms with E-state index >= 15 is 0 Å². The van der Waals surface area contributed by atoms with Gasteiger partial charge < -0.3 is 5.32 Å². The van der Waals surface area contributed by atoms with Gasteiger partial charge in [-0.2, -0.15) is 0 Å². The van der Waals surface area contributed by atoms with Crippen molar-refractivity contribution in [3.05, 3.63) is 29.8 Å². The Morgan fingerprint density at radius 1 is 1.26 bits per heavy atom. The Morgan fingerprint density at radius 2 is 1.96 bits per heavy atom. The molecule has 0 aromatic heterocycles. The van der Waals surface area contributed by atoms with Gasteiger partial charge in [0.2, 0.25) is 15.9 Å². The number of nitrogens with zero attached hydrogens (tertiary/aromatic N) is 1. The summed E-state index contributed by atoms with van der Waals surface area (Å²) in [5.41, 5.74) is 0.824. The van der Waals surface area contributed by atoms with Gasteiger partial charge >= 0.3 is 0 Å². The molecule has 0 spiro atoms. The van der Waals surface area contributed by atoms with Crippen LogP contribution in [0.25, 0.3) is 0 Å². The third-order valence-corrected chi connectivity index (χ3v) is 4.53. The summed E-state index contributed by atoms with van der Waals surface area (Å²) >= 11 is 0. The lowest BCUT2D eigenvalue weighted by Crippen LogP contribution is -2.35. The molecular formula is C16H24N2O4S. The predicted octanol–water partition coefficient (Wildman–Crippen LogP) is 1.96. The highest BCUT2D eigenvalue weighted by atomic mass is 32.2. The molecule has 0 atom stereocenters. The summed E-state index contributed by atoms with van der Waals surface area (Å²) in [6, 6.07) is 6.40. The fraction of sp³-hybridized carbons (Fsp3) is 0.500. The highest BCUT2D eigenvalue weighted by Crippen LogP contribution is 2.19. The first kappa shape index (κ1) is 19.2. The minimum Gasteiger partial charge on any atom is -0.356 e. The standard InChI is InChI=1S/C16H24N2O4S/c1-4-5-10-17-16(20)9-11-18(23(3,21)22)15-8-6-7-14(12-15)13(2)19/h6-8,12H,4-5,9-11H2,1-3H3,(H,17,20). The van der Waals surface area contributed by atoms with Crippen molar-refractivity contribution in [1.29, 1.82) is 0 Å². The van der Waals surface area contributed by atoms with Crippen LogP contribution in [0.15, 0.2) is 24.3 Å².